The first-order valence-corrected chi connectivity index (χ1v) is 11.3. The number of rotatable bonds is 5. The summed E-state index contributed by atoms with van der Waals surface area (Å²) in [5.74, 6) is 1.25. The second kappa shape index (κ2) is 11.4. The molecule has 0 aromatic rings. The van der Waals surface area contributed by atoms with Crippen LogP contribution in [-0.2, 0) is 14.3 Å². The van der Waals surface area contributed by atoms with E-state index in [0.717, 1.165) is 77.3 Å². The van der Waals surface area contributed by atoms with Crippen LogP contribution in [0.3, 0.4) is 0 Å². The molecule has 1 N–H and O–H groups in total. The van der Waals surface area contributed by atoms with E-state index < -0.39 is 5.60 Å². The maximum absolute atomic E-state index is 12.4. The van der Waals surface area contributed by atoms with Gasteiger partial charge in [-0.3, -0.25) is 9.79 Å². The van der Waals surface area contributed by atoms with E-state index in [9.17, 15) is 9.59 Å². The predicted octanol–water partition coefficient (Wildman–Crippen LogP) is 2.87. The van der Waals surface area contributed by atoms with Crippen LogP contribution in [0.15, 0.2) is 4.99 Å². The Morgan fingerprint density at radius 2 is 1.80 bits per heavy atom. The van der Waals surface area contributed by atoms with Crippen molar-refractivity contribution in [3.63, 3.8) is 0 Å². The fourth-order valence-electron chi connectivity index (χ4n) is 4.07. The molecule has 1 atom stereocenters. The Hall–Kier alpha value is -1.99. The van der Waals surface area contributed by atoms with Crippen LogP contribution in [0.1, 0.15) is 59.8 Å². The Balaban J connectivity index is 1.84. The molecule has 2 aliphatic rings. The molecule has 0 spiro atoms. The summed E-state index contributed by atoms with van der Waals surface area (Å²) in [6.07, 6.45) is 4.46. The lowest BCUT2D eigenvalue weighted by Crippen LogP contribution is -2.47. The lowest BCUT2D eigenvalue weighted by Gasteiger charge is -2.34. The molecule has 0 radical (unpaired) electrons. The molecule has 1 amide bonds. The van der Waals surface area contributed by atoms with Gasteiger partial charge in [-0.25, -0.2) is 4.79 Å². The first-order valence-electron chi connectivity index (χ1n) is 11.3. The van der Waals surface area contributed by atoms with Crippen LogP contribution in [0.4, 0.5) is 4.79 Å². The largest absolute Gasteiger partial charge is 0.469 e. The molecule has 30 heavy (non-hydrogen) atoms. The van der Waals surface area contributed by atoms with Crippen molar-refractivity contribution >= 4 is 18.0 Å². The Morgan fingerprint density at radius 3 is 2.40 bits per heavy atom. The number of hydrogen-bond donors (Lipinski definition) is 1. The van der Waals surface area contributed by atoms with Crippen LogP contribution < -0.4 is 5.32 Å². The molecule has 1 unspecified atom stereocenters. The molecule has 8 nitrogen and oxygen atoms in total. The molecule has 2 saturated heterocycles. The summed E-state index contributed by atoms with van der Waals surface area (Å²) in [4.78, 5) is 33.0. The van der Waals surface area contributed by atoms with Crippen molar-refractivity contribution < 1.29 is 19.1 Å². The summed E-state index contributed by atoms with van der Waals surface area (Å²) < 4.78 is 10.4. The third-order valence-electron chi connectivity index (χ3n) is 5.63. The second-order valence-corrected chi connectivity index (χ2v) is 9.24. The Labute approximate surface area is 181 Å². The van der Waals surface area contributed by atoms with Crippen molar-refractivity contribution in [1.29, 1.82) is 0 Å². The zero-order valence-corrected chi connectivity index (χ0v) is 19.4. The number of nitrogens with zero attached hydrogens (tertiary/aromatic N) is 3. The van der Waals surface area contributed by atoms with Gasteiger partial charge in [0, 0.05) is 39.3 Å². The molecule has 0 aliphatic carbocycles. The van der Waals surface area contributed by atoms with Crippen LogP contribution in [0.5, 0.6) is 0 Å². The van der Waals surface area contributed by atoms with Crippen LogP contribution in [0.25, 0.3) is 0 Å². The monoisotopic (exact) mass is 424 g/mol. The molecule has 2 rings (SSSR count). The quantitative estimate of drug-likeness (QED) is 0.415. The van der Waals surface area contributed by atoms with Gasteiger partial charge in [-0.2, -0.15) is 0 Å². The summed E-state index contributed by atoms with van der Waals surface area (Å²) in [7, 11) is 1.45. The standard InChI is InChI=1S/C22H40N4O4/c1-6-23-20(25-14-10-18(11-15-25)19(27)29-5)24-12-9-17-8-7-13-26(16-17)21(28)30-22(2,3)4/h17-18H,6-16H2,1-5H3,(H,23,24). The summed E-state index contributed by atoms with van der Waals surface area (Å²) in [6.45, 7) is 12.4. The Kier molecular flexibility index (Phi) is 9.24. The number of esters is 1. The molecule has 2 heterocycles. The lowest BCUT2D eigenvalue weighted by molar-refractivity contribution is -0.146. The minimum Gasteiger partial charge on any atom is -0.469 e. The van der Waals surface area contributed by atoms with E-state index in [2.05, 4.69) is 17.1 Å². The molecule has 8 heteroatoms. The maximum atomic E-state index is 12.4. The van der Waals surface area contributed by atoms with Gasteiger partial charge in [0.25, 0.3) is 0 Å². The van der Waals surface area contributed by atoms with Gasteiger partial charge in [0.05, 0.1) is 13.0 Å². The normalized spacial score (nSPS) is 21.4. The highest BCUT2D eigenvalue weighted by atomic mass is 16.6. The summed E-state index contributed by atoms with van der Waals surface area (Å²) in [5, 5.41) is 3.38. The third-order valence-corrected chi connectivity index (χ3v) is 5.63. The average molecular weight is 425 g/mol. The highest BCUT2D eigenvalue weighted by Crippen LogP contribution is 2.22. The number of aliphatic imine (C=N–C) groups is 1. The fourth-order valence-corrected chi connectivity index (χ4v) is 4.07. The SMILES string of the molecule is CCNC(=NCCC1CCCN(C(=O)OC(C)(C)C)C1)N1CCC(C(=O)OC)CC1. The highest BCUT2D eigenvalue weighted by Gasteiger charge is 2.28. The van der Waals surface area contributed by atoms with E-state index in [1.54, 1.807) is 0 Å². The van der Waals surface area contributed by atoms with E-state index in [-0.39, 0.29) is 18.0 Å². The molecule has 2 fully saturated rings. The highest BCUT2D eigenvalue weighted by molar-refractivity contribution is 5.80. The topological polar surface area (TPSA) is 83.5 Å². The van der Waals surface area contributed by atoms with E-state index in [0.29, 0.717) is 5.92 Å². The molecular formula is C22H40N4O4. The van der Waals surface area contributed by atoms with Crippen molar-refractivity contribution in [1.82, 2.24) is 15.1 Å². The Morgan fingerprint density at radius 1 is 1.10 bits per heavy atom. The minimum absolute atomic E-state index is 0.00444. The van der Waals surface area contributed by atoms with Crippen molar-refractivity contribution in [2.75, 3.05) is 46.4 Å². The van der Waals surface area contributed by atoms with Crippen LogP contribution in [0.2, 0.25) is 0 Å². The number of carbonyl (C=O) groups is 2. The molecular weight excluding hydrogens is 384 g/mol. The fraction of sp³-hybridized carbons (Fsp3) is 0.864. The average Bonchev–Trinajstić information content (AvgIpc) is 2.71. The first-order chi connectivity index (χ1) is 14.2. The van der Waals surface area contributed by atoms with Gasteiger partial charge in [0.2, 0.25) is 0 Å². The number of likely N-dealkylation sites (tertiary alicyclic amines) is 2. The molecule has 0 bridgehead atoms. The number of piperidine rings is 2. The van der Waals surface area contributed by atoms with E-state index >= 15 is 0 Å². The van der Waals surface area contributed by atoms with Gasteiger partial charge in [0.15, 0.2) is 5.96 Å². The number of amides is 1. The van der Waals surface area contributed by atoms with Crippen LogP contribution in [-0.4, -0.2) is 79.8 Å². The lowest BCUT2D eigenvalue weighted by atomic mass is 9.95. The second-order valence-electron chi connectivity index (χ2n) is 9.24. The van der Waals surface area contributed by atoms with Crippen LogP contribution >= 0.6 is 0 Å². The Bertz CT molecular complexity index is 594. The van der Waals surface area contributed by atoms with Gasteiger partial charge in [0.1, 0.15) is 5.60 Å². The van der Waals surface area contributed by atoms with Gasteiger partial charge in [-0.1, -0.05) is 0 Å². The minimum atomic E-state index is -0.462. The molecule has 0 aromatic heterocycles. The predicted molar refractivity (Wildman–Crippen MR) is 117 cm³/mol. The van der Waals surface area contributed by atoms with Crippen molar-refractivity contribution in [3.8, 4) is 0 Å². The van der Waals surface area contributed by atoms with Crippen LogP contribution in [0, 0.1) is 11.8 Å². The van der Waals surface area contributed by atoms with Crippen molar-refractivity contribution in [2.24, 2.45) is 16.8 Å². The van der Waals surface area contributed by atoms with Gasteiger partial charge in [-0.15, -0.1) is 0 Å². The van der Waals surface area contributed by atoms with E-state index in [1.807, 2.05) is 25.7 Å². The van der Waals surface area contributed by atoms with E-state index in [4.69, 9.17) is 14.5 Å². The third kappa shape index (κ3) is 7.69. The van der Waals surface area contributed by atoms with E-state index in [1.165, 1.54) is 7.11 Å². The number of ether oxygens (including phenoxy) is 2. The molecule has 0 aromatic carbocycles. The molecule has 0 saturated carbocycles. The summed E-state index contributed by atoms with van der Waals surface area (Å²) in [5.41, 5.74) is -0.462. The molecule has 2 aliphatic heterocycles. The number of guanidine groups is 1. The first kappa shape index (κ1) is 24.3. The zero-order valence-electron chi connectivity index (χ0n) is 19.4. The maximum Gasteiger partial charge on any atom is 0.410 e. The van der Waals surface area contributed by atoms with Crippen molar-refractivity contribution in [2.45, 2.75) is 65.4 Å². The number of carbonyl (C=O) groups excluding carboxylic acids is 2. The van der Waals surface area contributed by atoms with Crippen molar-refractivity contribution in [3.05, 3.63) is 0 Å². The molecule has 172 valence electrons. The number of hydrogen-bond acceptors (Lipinski definition) is 5. The smallest absolute Gasteiger partial charge is 0.410 e. The van der Waals surface area contributed by atoms with Gasteiger partial charge < -0.3 is 24.6 Å². The summed E-state index contributed by atoms with van der Waals surface area (Å²) in [6, 6.07) is 0. The number of nitrogens with one attached hydrogen (secondary N) is 1. The van der Waals surface area contributed by atoms with Gasteiger partial charge >= 0.3 is 12.1 Å². The van der Waals surface area contributed by atoms with Gasteiger partial charge in [-0.05, 0) is 65.7 Å². The summed E-state index contributed by atoms with van der Waals surface area (Å²) >= 11 is 0. The number of methoxy groups -OCH3 is 1. The zero-order chi connectivity index (χ0) is 22.1.